The number of nitro benzene ring substituents is 1. The van der Waals surface area contributed by atoms with Gasteiger partial charge in [0.25, 0.3) is 11.2 Å². The second kappa shape index (κ2) is 7.67. The van der Waals surface area contributed by atoms with Crippen LogP contribution in [0.15, 0.2) is 41.7 Å². The molecule has 0 saturated carbocycles. The van der Waals surface area contributed by atoms with Crippen LogP contribution in [0, 0.1) is 10.1 Å². The quantitative estimate of drug-likeness (QED) is 0.292. The number of benzene rings is 1. The molecule has 0 aliphatic carbocycles. The molecule has 1 unspecified atom stereocenters. The topological polar surface area (TPSA) is 151 Å². The molecule has 0 radical (unpaired) electrons. The number of hydrogen-bond donors (Lipinski definition) is 1. The van der Waals surface area contributed by atoms with Gasteiger partial charge in [0.1, 0.15) is 18.6 Å². The summed E-state index contributed by atoms with van der Waals surface area (Å²) >= 11 is 0. The molecule has 1 saturated heterocycles. The molecule has 1 aromatic carbocycles. The molecule has 12 heteroatoms. The number of imidazole rings is 1. The van der Waals surface area contributed by atoms with Crippen LogP contribution in [0.3, 0.4) is 0 Å². The summed E-state index contributed by atoms with van der Waals surface area (Å²) in [6.07, 6.45) is 2.37. The van der Waals surface area contributed by atoms with Crippen LogP contribution in [0.4, 0.5) is 10.5 Å². The SMILES string of the molecule is O=C(OC[C@@H]1CCC(n2cnc3c(=O)[nH]cnc32)O1)Oc1ccc([N+](=O)[O-])cc1. The maximum atomic E-state index is 11.8. The molecule has 0 amide bonds. The van der Waals surface area contributed by atoms with Crippen LogP contribution in [0.5, 0.6) is 5.75 Å². The molecule has 1 aliphatic rings. The lowest BCUT2D eigenvalue weighted by atomic mass is 10.2. The van der Waals surface area contributed by atoms with Gasteiger partial charge in [0, 0.05) is 12.1 Å². The van der Waals surface area contributed by atoms with Crippen LogP contribution >= 0.6 is 0 Å². The van der Waals surface area contributed by atoms with E-state index in [1.807, 2.05) is 0 Å². The second-order valence-corrected chi connectivity index (χ2v) is 6.26. The Morgan fingerprint density at radius 1 is 1.31 bits per heavy atom. The first-order valence-electron chi connectivity index (χ1n) is 8.66. The van der Waals surface area contributed by atoms with Crippen molar-refractivity contribution in [3.05, 3.63) is 57.4 Å². The zero-order valence-electron chi connectivity index (χ0n) is 14.9. The zero-order valence-corrected chi connectivity index (χ0v) is 14.9. The van der Waals surface area contributed by atoms with E-state index in [-0.39, 0.29) is 41.5 Å². The van der Waals surface area contributed by atoms with E-state index in [1.54, 1.807) is 4.57 Å². The Bertz CT molecular complexity index is 1110. The Kier molecular flexibility index (Phi) is 4.91. The van der Waals surface area contributed by atoms with Crippen molar-refractivity contribution in [1.29, 1.82) is 0 Å². The maximum absolute atomic E-state index is 11.8. The van der Waals surface area contributed by atoms with Crippen molar-refractivity contribution in [2.24, 2.45) is 0 Å². The molecule has 1 fully saturated rings. The summed E-state index contributed by atoms with van der Waals surface area (Å²) in [5.41, 5.74) is 0.195. The molecular formula is C17H15N5O7. The predicted octanol–water partition coefficient (Wildman–Crippen LogP) is 1.92. The van der Waals surface area contributed by atoms with Crippen LogP contribution in [0.25, 0.3) is 11.2 Å². The summed E-state index contributed by atoms with van der Waals surface area (Å²) in [6.45, 7) is -0.0248. The fraction of sp³-hybridized carbons (Fsp3) is 0.294. The van der Waals surface area contributed by atoms with Gasteiger partial charge in [-0.2, -0.15) is 0 Å². The molecule has 2 atom stereocenters. The molecule has 3 aromatic rings. The average molecular weight is 401 g/mol. The Morgan fingerprint density at radius 3 is 2.86 bits per heavy atom. The summed E-state index contributed by atoms with van der Waals surface area (Å²) in [7, 11) is 0. The van der Waals surface area contributed by atoms with E-state index >= 15 is 0 Å². The van der Waals surface area contributed by atoms with Crippen molar-refractivity contribution in [3.63, 3.8) is 0 Å². The highest BCUT2D eigenvalue weighted by molar-refractivity contribution is 5.68. The lowest BCUT2D eigenvalue weighted by Gasteiger charge is -2.15. The smallest absolute Gasteiger partial charge is 0.431 e. The minimum atomic E-state index is -0.938. The molecular weight excluding hydrogens is 386 g/mol. The molecule has 0 spiro atoms. The van der Waals surface area contributed by atoms with Gasteiger partial charge in [0.05, 0.1) is 23.7 Å². The highest BCUT2D eigenvalue weighted by atomic mass is 16.7. The van der Waals surface area contributed by atoms with E-state index in [4.69, 9.17) is 14.2 Å². The van der Waals surface area contributed by atoms with Crippen molar-refractivity contribution in [1.82, 2.24) is 19.5 Å². The predicted molar refractivity (Wildman–Crippen MR) is 96.4 cm³/mol. The number of nitrogens with one attached hydrogen (secondary N) is 1. The van der Waals surface area contributed by atoms with E-state index < -0.39 is 11.1 Å². The molecule has 150 valence electrons. The van der Waals surface area contributed by atoms with E-state index in [2.05, 4.69) is 15.0 Å². The first-order valence-corrected chi connectivity index (χ1v) is 8.66. The van der Waals surface area contributed by atoms with Gasteiger partial charge in [0.15, 0.2) is 11.2 Å². The van der Waals surface area contributed by atoms with E-state index in [9.17, 15) is 19.7 Å². The number of ether oxygens (including phenoxy) is 3. The van der Waals surface area contributed by atoms with Crippen molar-refractivity contribution in [2.45, 2.75) is 25.2 Å². The van der Waals surface area contributed by atoms with E-state index in [1.165, 1.54) is 36.9 Å². The maximum Gasteiger partial charge on any atom is 0.513 e. The van der Waals surface area contributed by atoms with Gasteiger partial charge in [-0.05, 0) is 25.0 Å². The summed E-state index contributed by atoms with van der Waals surface area (Å²) in [5.74, 6) is 0.131. The number of rotatable bonds is 5. The van der Waals surface area contributed by atoms with Crippen molar-refractivity contribution in [3.8, 4) is 5.75 Å². The minimum Gasteiger partial charge on any atom is -0.431 e. The summed E-state index contributed by atoms with van der Waals surface area (Å²) < 4.78 is 17.6. The van der Waals surface area contributed by atoms with Gasteiger partial charge in [-0.25, -0.2) is 14.8 Å². The number of non-ortho nitro benzene ring substituents is 1. The van der Waals surface area contributed by atoms with Crippen LogP contribution in [0.2, 0.25) is 0 Å². The number of carbonyl (C=O) groups excluding carboxylic acids is 1. The number of nitro groups is 1. The standard InChI is InChI=1S/C17H15N5O7/c23-16-14-15(18-8-19-16)21(9-20-14)13-6-5-12(28-13)7-27-17(24)29-11-3-1-10(2-4-11)22(25)26/h1-4,8-9,12-13H,5-7H2,(H,18,19,23)/t12-,13?/m0/s1. The largest absolute Gasteiger partial charge is 0.513 e. The second-order valence-electron chi connectivity index (χ2n) is 6.26. The molecule has 29 heavy (non-hydrogen) atoms. The monoisotopic (exact) mass is 401 g/mol. The normalized spacial score (nSPS) is 18.6. The average Bonchev–Trinajstić information content (AvgIpc) is 3.34. The minimum absolute atomic E-state index is 0.0248. The highest BCUT2D eigenvalue weighted by Gasteiger charge is 2.29. The fourth-order valence-corrected chi connectivity index (χ4v) is 3.01. The molecule has 2 aromatic heterocycles. The first kappa shape index (κ1) is 18.6. The number of nitrogens with zero attached hydrogens (tertiary/aromatic N) is 4. The lowest BCUT2D eigenvalue weighted by Crippen LogP contribution is -2.21. The summed E-state index contributed by atoms with van der Waals surface area (Å²) in [6, 6.07) is 5.06. The first-order chi connectivity index (χ1) is 14.0. The third-order valence-corrected chi connectivity index (χ3v) is 4.40. The fourth-order valence-electron chi connectivity index (χ4n) is 3.01. The molecule has 1 N–H and O–H groups in total. The molecule has 3 heterocycles. The molecule has 0 bridgehead atoms. The third-order valence-electron chi connectivity index (χ3n) is 4.40. The van der Waals surface area contributed by atoms with E-state index in [0.29, 0.717) is 18.5 Å². The van der Waals surface area contributed by atoms with Gasteiger partial charge in [-0.3, -0.25) is 19.5 Å². The summed E-state index contributed by atoms with van der Waals surface area (Å²) in [5, 5.41) is 10.6. The van der Waals surface area contributed by atoms with Crippen LogP contribution < -0.4 is 10.3 Å². The third kappa shape index (κ3) is 3.91. The van der Waals surface area contributed by atoms with Gasteiger partial charge < -0.3 is 19.2 Å². The Balaban J connectivity index is 1.31. The van der Waals surface area contributed by atoms with Crippen molar-refractivity contribution in [2.75, 3.05) is 6.61 Å². The van der Waals surface area contributed by atoms with Gasteiger partial charge in [0.2, 0.25) is 0 Å². The van der Waals surface area contributed by atoms with Crippen LogP contribution in [-0.4, -0.2) is 43.3 Å². The number of aromatic nitrogens is 4. The van der Waals surface area contributed by atoms with Crippen molar-refractivity contribution < 1.29 is 23.9 Å². The van der Waals surface area contributed by atoms with Gasteiger partial charge >= 0.3 is 6.16 Å². The highest BCUT2D eigenvalue weighted by Crippen LogP contribution is 2.30. The number of aromatic amines is 1. The van der Waals surface area contributed by atoms with Crippen molar-refractivity contribution >= 4 is 23.0 Å². The summed E-state index contributed by atoms with van der Waals surface area (Å²) in [4.78, 5) is 44.3. The molecule has 4 rings (SSSR count). The molecule has 12 nitrogen and oxygen atoms in total. The number of carbonyl (C=O) groups is 1. The van der Waals surface area contributed by atoms with Crippen LogP contribution in [0.1, 0.15) is 19.1 Å². The number of fused-ring (bicyclic) bond motifs is 1. The Labute approximate surface area is 162 Å². The number of hydrogen-bond acceptors (Lipinski definition) is 9. The van der Waals surface area contributed by atoms with E-state index in [0.717, 1.165) is 0 Å². The Morgan fingerprint density at radius 2 is 2.10 bits per heavy atom. The van der Waals surface area contributed by atoms with Gasteiger partial charge in [-0.1, -0.05) is 0 Å². The lowest BCUT2D eigenvalue weighted by molar-refractivity contribution is -0.384. The Hall–Kier alpha value is -3.80. The van der Waals surface area contributed by atoms with Gasteiger partial charge in [-0.15, -0.1) is 0 Å². The number of H-pyrrole nitrogens is 1. The zero-order chi connectivity index (χ0) is 20.4. The molecule has 1 aliphatic heterocycles. The van der Waals surface area contributed by atoms with Crippen LogP contribution in [-0.2, 0) is 9.47 Å².